The van der Waals surface area contributed by atoms with Gasteiger partial charge in [-0.25, -0.2) is 8.42 Å². The molecule has 0 saturated heterocycles. The average molecular weight is 480 g/mol. The summed E-state index contributed by atoms with van der Waals surface area (Å²) in [7, 11) is -2.21. The zero-order chi connectivity index (χ0) is 23.9. The van der Waals surface area contributed by atoms with Gasteiger partial charge >= 0.3 is 0 Å². The molecule has 0 aromatic heterocycles. The minimum atomic E-state index is -3.67. The molecule has 2 N–H and O–H groups in total. The van der Waals surface area contributed by atoms with Crippen LogP contribution in [0.2, 0.25) is 0 Å². The van der Waals surface area contributed by atoms with Gasteiger partial charge in [-0.2, -0.15) is 4.31 Å². The number of aryl methyl sites for hydroxylation is 2. The van der Waals surface area contributed by atoms with Crippen LogP contribution in [0, 0.1) is 13.8 Å². The molecule has 0 aliphatic heterocycles. The van der Waals surface area contributed by atoms with E-state index in [0.29, 0.717) is 30.3 Å². The van der Waals surface area contributed by atoms with Crippen molar-refractivity contribution in [2.24, 2.45) is 0 Å². The first-order valence-electron chi connectivity index (χ1n) is 10.1. The summed E-state index contributed by atoms with van der Waals surface area (Å²) in [6.07, 6.45) is 0. The monoisotopic (exact) mass is 479 g/mol. The molecule has 0 aliphatic carbocycles. The lowest BCUT2D eigenvalue weighted by molar-refractivity contribution is -0.121. The Morgan fingerprint density at radius 1 is 1.06 bits per heavy atom. The Kier molecular flexibility index (Phi) is 8.99. The normalized spacial score (nSPS) is 11.2. The Morgan fingerprint density at radius 2 is 1.75 bits per heavy atom. The molecule has 2 rings (SSSR count). The lowest BCUT2D eigenvalue weighted by Crippen LogP contribution is -2.37. The number of amides is 1. The lowest BCUT2D eigenvalue weighted by Gasteiger charge is -2.20. The van der Waals surface area contributed by atoms with E-state index in [1.165, 1.54) is 29.6 Å². The van der Waals surface area contributed by atoms with Crippen LogP contribution in [0.3, 0.4) is 0 Å². The molecule has 8 nitrogen and oxygen atoms in total. The number of sulfonamides is 1. The third-order valence-corrected chi connectivity index (χ3v) is 6.97. The highest BCUT2D eigenvalue weighted by molar-refractivity contribution is 7.89. The minimum absolute atomic E-state index is 0.00440. The van der Waals surface area contributed by atoms with Gasteiger partial charge in [0.15, 0.2) is 11.7 Å². The van der Waals surface area contributed by atoms with Crippen molar-refractivity contribution in [1.29, 1.82) is 0 Å². The SMILES string of the molecule is CCN(CC)S(=O)(=O)c1ccc(OC)c(NC(=S)NC(=O)COc2cc(C)ccc2C)c1. The van der Waals surface area contributed by atoms with Crippen LogP contribution in [-0.4, -0.2) is 50.5 Å². The highest BCUT2D eigenvalue weighted by Crippen LogP contribution is 2.29. The average Bonchev–Trinajstić information content (AvgIpc) is 2.74. The standard InChI is InChI=1S/C22H29N3O5S2/c1-6-25(7-2)32(27,28)17-10-11-19(29-5)18(13-17)23-22(31)24-21(26)14-30-20-12-15(3)8-9-16(20)4/h8-13H,6-7,14H2,1-5H3,(H2,23,24,26,31). The van der Waals surface area contributed by atoms with Gasteiger partial charge in [-0.3, -0.25) is 10.1 Å². The van der Waals surface area contributed by atoms with Crippen LogP contribution >= 0.6 is 12.2 Å². The highest BCUT2D eigenvalue weighted by atomic mass is 32.2. The Hall–Kier alpha value is -2.69. The molecule has 2 aromatic carbocycles. The molecule has 0 bridgehead atoms. The summed E-state index contributed by atoms with van der Waals surface area (Å²) in [4.78, 5) is 12.4. The molecule has 0 fully saturated rings. The van der Waals surface area contributed by atoms with Gasteiger partial charge in [0, 0.05) is 13.1 Å². The predicted octanol–water partition coefficient (Wildman–Crippen LogP) is 3.23. The van der Waals surface area contributed by atoms with Gasteiger partial charge < -0.3 is 14.8 Å². The molecule has 0 unspecified atom stereocenters. The predicted molar refractivity (Wildman–Crippen MR) is 129 cm³/mol. The Bertz CT molecular complexity index is 1080. The van der Waals surface area contributed by atoms with Crippen molar-refractivity contribution in [3.63, 3.8) is 0 Å². The maximum Gasteiger partial charge on any atom is 0.264 e. The molecule has 0 spiro atoms. The first kappa shape index (κ1) is 25.6. The first-order valence-corrected chi connectivity index (χ1v) is 12.0. The van der Waals surface area contributed by atoms with Gasteiger partial charge in [-0.05, 0) is 61.5 Å². The summed E-state index contributed by atoms with van der Waals surface area (Å²) in [5.74, 6) is 0.552. The molecule has 2 aromatic rings. The van der Waals surface area contributed by atoms with E-state index in [1.54, 1.807) is 13.8 Å². The largest absolute Gasteiger partial charge is 0.495 e. The summed E-state index contributed by atoms with van der Waals surface area (Å²) in [6, 6.07) is 10.2. The zero-order valence-electron chi connectivity index (χ0n) is 18.9. The fraction of sp³-hybridized carbons (Fsp3) is 0.364. The second-order valence-corrected chi connectivity index (χ2v) is 9.36. The molecule has 0 atom stereocenters. The van der Waals surface area contributed by atoms with Crippen molar-refractivity contribution >= 4 is 38.9 Å². The highest BCUT2D eigenvalue weighted by Gasteiger charge is 2.23. The summed E-state index contributed by atoms with van der Waals surface area (Å²) in [6.45, 7) is 7.85. The van der Waals surface area contributed by atoms with Gasteiger partial charge in [0.25, 0.3) is 5.91 Å². The number of hydrogen-bond donors (Lipinski definition) is 2. The number of methoxy groups -OCH3 is 1. The van der Waals surface area contributed by atoms with E-state index in [0.717, 1.165) is 11.1 Å². The number of anilines is 1. The van der Waals surface area contributed by atoms with Crippen molar-refractivity contribution in [2.45, 2.75) is 32.6 Å². The maximum absolute atomic E-state index is 12.8. The quantitative estimate of drug-likeness (QED) is 0.533. The van der Waals surface area contributed by atoms with E-state index in [1.807, 2.05) is 32.0 Å². The summed E-state index contributed by atoms with van der Waals surface area (Å²) in [5, 5.41) is 5.36. The molecule has 10 heteroatoms. The topological polar surface area (TPSA) is 97.0 Å². The molecule has 174 valence electrons. The van der Waals surface area contributed by atoms with Crippen LogP contribution in [0.1, 0.15) is 25.0 Å². The van der Waals surface area contributed by atoms with Crippen molar-refractivity contribution in [1.82, 2.24) is 9.62 Å². The van der Waals surface area contributed by atoms with Crippen molar-refractivity contribution in [3.8, 4) is 11.5 Å². The maximum atomic E-state index is 12.8. The number of carbonyl (C=O) groups is 1. The number of nitrogens with zero attached hydrogens (tertiary/aromatic N) is 1. The molecular formula is C22H29N3O5S2. The Balaban J connectivity index is 2.09. The van der Waals surface area contributed by atoms with Crippen LogP contribution in [0.5, 0.6) is 11.5 Å². The number of ether oxygens (including phenoxy) is 2. The van der Waals surface area contributed by atoms with Crippen LogP contribution < -0.4 is 20.1 Å². The molecule has 32 heavy (non-hydrogen) atoms. The fourth-order valence-electron chi connectivity index (χ4n) is 2.98. The van der Waals surface area contributed by atoms with E-state index >= 15 is 0 Å². The number of nitrogens with one attached hydrogen (secondary N) is 2. The molecule has 1 amide bonds. The number of carbonyl (C=O) groups excluding carboxylic acids is 1. The Morgan fingerprint density at radius 3 is 2.38 bits per heavy atom. The van der Waals surface area contributed by atoms with Gasteiger partial charge in [-0.1, -0.05) is 26.0 Å². The molecule has 0 aliphatic rings. The smallest absolute Gasteiger partial charge is 0.264 e. The van der Waals surface area contributed by atoms with E-state index in [-0.39, 0.29) is 16.6 Å². The minimum Gasteiger partial charge on any atom is -0.495 e. The van der Waals surface area contributed by atoms with E-state index in [9.17, 15) is 13.2 Å². The zero-order valence-corrected chi connectivity index (χ0v) is 20.5. The van der Waals surface area contributed by atoms with Crippen molar-refractivity contribution in [2.75, 3.05) is 32.1 Å². The summed E-state index contributed by atoms with van der Waals surface area (Å²) in [5.41, 5.74) is 2.26. The number of rotatable bonds is 9. The van der Waals surface area contributed by atoms with E-state index in [2.05, 4.69) is 10.6 Å². The Labute approximate surface area is 195 Å². The molecule has 0 saturated carbocycles. The molecule has 0 heterocycles. The van der Waals surface area contributed by atoms with Crippen LogP contribution in [0.15, 0.2) is 41.3 Å². The van der Waals surface area contributed by atoms with E-state index < -0.39 is 15.9 Å². The van der Waals surface area contributed by atoms with Gasteiger partial charge in [0.1, 0.15) is 11.5 Å². The fourth-order valence-corrected chi connectivity index (χ4v) is 4.69. The molecule has 0 radical (unpaired) electrons. The van der Waals surface area contributed by atoms with Crippen molar-refractivity contribution < 1.29 is 22.7 Å². The summed E-state index contributed by atoms with van der Waals surface area (Å²) >= 11 is 5.22. The van der Waals surface area contributed by atoms with Crippen LogP contribution in [0.25, 0.3) is 0 Å². The second-order valence-electron chi connectivity index (χ2n) is 7.01. The first-order chi connectivity index (χ1) is 15.1. The summed E-state index contributed by atoms with van der Waals surface area (Å²) < 4.78 is 37.9. The van der Waals surface area contributed by atoms with Gasteiger partial charge in [-0.15, -0.1) is 0 Å². The van der Waals surface area contributed by atoms with Crippen LogP contribution in [-0.2, 0) is 14.8 Å². The number of hydrogen-bond acceptors (Lipinski definition) is 6. The third kappa shape index (κ3) is 6.41. The van der Waals surface area contributed by atoms with E-state index in [4.69, 9.17) is 21.7 Å². The third-order valence-electron chi connectivity index (χ3n) is 4.72. The second kappa shape index (κ2) is 11.3. The molecular weight excluding hydrogens is 450 g/mol. The van der Waals surface area contributed by atoms with Crippen molar-refractivity contribution in [3.05, 3.63) is 47.5 Å². The van der Waals surface area contributed by atoms with Gasteiger partial charge in [0.2, 0.25) is 10.0 Å². The van der Waals surface area contributed by atoms with Gasteiger partial charge in [0.05, 0.1) is 17.7 Å². The number of thiocarbonyl (C=S) groups is 1. The van der Waals surface area contributed by atoms with Crippen LogP contribution in [0.4, 0.5) is 5.69 Å². The lowest BCUT2D eigenvalue weighted by atomic mass is 10.1. The number of benzene rings is 2.